The number of amides is 1. The zero-order valence-electron chi connectivity index (χ0n) is 6.48. The maximum Gasteiger partial charge on any atom is 0.408 e. The molecule has 4 nitrogen and oxygen atoms in total. The van der Waals surface area contributed by atoms with Crippen LogP contribution < -0.4 is 5.32 Å². The molecule has 0 radical (unpaired) electrons. The number of hydrogen-bond acceptors (Lipinski definition) is 4. The van der Waals surface area contributed by atoms with Crippen LogP contribution in [0.5, 0.6) is 0 Å². The Labute approximate surface area is 73.6 Å². The molecule has 1 aromatic heterocycles. The molecular weight excluding hydrogens is 176 g/mol. The zero-order chi connectivity index (χ0) is 8.55. The molecule has 64 valence electrons. The van der Waals surface area contributed by atoms with Crippen molar-refractivity contribution in [3.8, 4) is 0 Å². The number of alkyl carbamates (subject to hydrolysis) is 1. The van der Waals surface area contributed by atoms with E-state index in [2.05, 4.69) is 10.3 Å². The number of carbonyl (C=O) groups is 1. The van der Waals surface area contributed by atoms with Gasteiger partial charge in [-0.25, -0.2) is 9.78 Å². The second-order valence-electron chi connectivity index (χ2n) is 2.63. The van der Waals surface area contributed by atoms with E-state index in [0.717, 1.165) is 5.01 Å². The number of carbonyl (C=O) groups excluding carboxylic acids is 1. The lowest BCUT2D eigenvalue weighted by atomic mass is 10.2. The number of thiazole rings is 1. The van der Waals surface area contributed by atoms with Gasteiger partial charge in [-0.2, -0.15) is 0 Å². The smallest absolute Gasteiger partial charge is 0.408 e. The third kappa shape index (κ3) is 1.16. The summed E-state index contributed by atoms with van der Waals surface area (Å²) in [6.07, 6.45) is 1.14. The minimum atomic E-state index is -0.359. The van der Waals surface area contributed by atoms with E-state index in [0.29, 0.717) is 0 Å². The topological polar surface area (TPSA) is 51.2 Å². The summed E-state index contributed by atoms with van der Waals surface area (Å²) < 4.78 is 5.02. The second kappa shape index (κ2) is 2.75. The van der Waals surface area contributed by atoms with Crippen LogP contribution in [0.15, 0.2) is 11.6 Å². The Kier molecular flexibility index (Phi) is 1.73. The molecule has 1 aliphatic rings. The summed E-state index contributed by atoms with van der Waals surface area (Å²) >= 11 is 1.50. The molecule has 2 heterocycles. The van der Waals surface area contributed by atoms with Gasteiger partial charge in [0.25, 0.3) is 0 Å². The first-order chi connectivity index (χ1) is 5.77. The average molecular weight is 184 g/mol. The number of rotatable bonds is 1. The highest BCUT2D eigenvalue weighted by molar-refractivity contribution is 7.09. The van der Waals surface area contributed by atoms with E-state index in [9.17, 15) is 4.79 Å². The van der Waals surface area contributed by atoms with Gasteiger partial charge in [0.15, 0.2) is 6.10 Å². The zero-order valence-corrected chi connectivity index (χ0v) is 7.30. The SMILES string of the molecule is C[C@@H]1NC(=O)O[C@@H]1c1nccs1. The van der Waals surface area contributed by atoms with Crippen molar-refractivity contribution in [1.82, 2.24) is 10.3 Å². The van der Waals surface area contributed by atoms with Crippen LogP contribution >= 0.6 is 11.3 Å². The third-order valence-electron chi connectivity index (χ3n) is 1.73. The van der Waals surface area contributed by atoms with E-state index in [4.69, 9.17) is 4.74 Å². The highest BCUT2D eigenvalue weighted by Crippen LogP contribution is 2.27. The molecule has 1 N–H and O–H groups in total. The van der Waals surface area contributed by atoms with Crippen LogP contribution in [0.25, 0.3) is 0 Å². The van der Waals surface area contributed by atoms with Crippen LogP contribution in [0.1, 0.15) is 18.0 Å². The molecule has 1 aliphatic heterocycles. The van der Waals surface area contributed by atoms with Gasteiger partial charge in [0.1, 0.15) is 5.01 Å². The van der Waals surface area contributed by atoms with Crippen molar-refractivity contribution < 1.29 is 9.53 Å². The van der Waals surface area contributed by atoms with Gasteiger partial charge in [0.05, 0.1) is 6.04 Å². The number of hydrogen-bond donors (Lipinski definition) is 1. The Morgan fingerprint density at radius 2 is 2.58 bits per heavy atom. The molecule has 12 heavy (non-hydrogen) atoms. The van der Waals surface area contributed by atoms with Crippen molar-refractivity contribution in [2.45, 2.75) is 19.1 Å². The molecule has 2 rings (SSSR count). The van der Waals surface area contributed by atoms with Crippen molar-refractivity contribution >= 4 is 17.4 Å². The fourth-order valence-corrected chi connectivity index (χ4v) is 1.92. The van der Waals surface area contributed by atoms with Crippen molar-refractivity contribution in [1.29, 1.82) is 0 Å². The molecule has 0 spiro atoms. The van der Waals surface area contributed by atoms with Crippen molar-refractivity contribution in [3.05, 3.63) is 16.6 Å². The molecule has 2 atom stereocenters. The maximum absolute atomic E-state index is 10.8. The van der Waals surface area contributed by atoms with Gasteiger partial charge in [0, 0.05) is 11.6 Å². The summed E-state index contributed by atoms with van der Waals surface area (Å²) in [7, 11) is 0. The molecular formula is C7H8N2O2S. The first-order valence-corrected chi connectivity index (χ1v) is 4.52. The number of nitrogens with zero attached hydrogens (tertiary/aromatic N) is 1. The van der Waals surface area contributed by atoms with Gasteiger partial charge in [-0.1, -0.05) is 0 Å². The summed E-state index contributed by atoms with van der Waals surface area (Å²) in [5.74, 6) is 0. The van der Waals surface area contributed by atoms with Gasteiger partial charge < -0.3 is 10.1 Å². The fraction of sp³-hybridized carbons (Fsp3) is 0.429. The molecule has 5 heteroatoms. The Hall–Kier alpha value is -1.10. The van der Waals surface area contributed by atoms with E-state index in [1.165, 1.54) is 11.3 Å². The predicted octanol–water partition coefficient (Wildman–Crippen LogP) is 1.31. The van der Waals surface area contributed by atoms with Crippen molar-refractivity contribution in [3.63, 3.8) is 0 Å². The summed E-state index contributed by atoms with van der Waals surface area (Å²) in [5, 5.41) is 5.38. The minimum absolute atomic E-state index is 0.0173. The van der Waals surface area contributed by atoms with Crippen molar-refractivity contribution in [2.24, 2.45) is 0 Å². The van der Waals surface area contributed by atoms with Crippen LogP contribution in [0.3, 0.4) is 0 Å². The molecule has 0 saturated carbocycles. The average Bonchev–Trinajstić information content (AvgIpc) is 2.58. The second-order valence-corrected chi connectivity index (χ2v) is 3.56. The molecule has 1 amide bonds. The standard InChI is InChI=1S/C7H8N2O2S/c1-4-5(11-7(10)9-4)6-8-2-3-12-6/h2-5H,1H3,(H,9,10)/t4-,5-/m0/s1. The Morgan fingerprint density at radius 1 is 1.75 bits per heavy atom. The summed E-state index contributed by atoms with van der Waals surface area (Å²) in [6, 6.07) is 0.0173. The van der Waals surface area contributed by atoms with Gasteiger partial charge in [0.2, 0.25) is 0 Å². The van der Waals surface area contributed by atoms with Crippen LogP contribution in [-0.2, 0) is 4.74 Å². The van der Waals surface area contributed by atoms with Gasteiger partial charge in [-0.3, -0.25) is 0 Å². The molecule has 1 saturated heterocycles. The molecule has 1 aromatic rings. The lowest BCUT2D eigenvalue weighted by Gasteiger charge is -2.07. The normalized spacial score (nSPS) is 28.2. The van der Waals surface area contributed by atoms with Gasteiger partial charge in [-0.15, -0.1) is 11.3 Å². The minimum Gasteiger partial charge on any atom is -0.437 e. The maximum atomic E-state index is 10.8. The summed E-state index contributed by atoms with van der Waals surface area (Å²) in [4.78, 5) is 14.9. The van der Waals surface area contributed by atoms with E-state index in [1.807, 2.05) is 12.3 Å². The Bertz CT molecular complexity index is 286. The van der Waals surface area contributed by atoms with Crippen LogP contribution in [0.4, 0.5) is 4.79 Å². The Morgan fingerprint density at radius 3 is 3.08 bits per heavy atom. The first kappa shape index (κ1) is 7.54. The van der Waals surface area contributed by atoms with Crippen molar-refractivity contribution in [2.75, 3.05) is 0 Å². The number of aromatic nitrogens is 1. The van der Waals surface area contributed by atoms with E-state index in [-0.39, 0.29) is 18.2 Å². The lowest BCUT2D eigenvalue weighted by Crippen LogP contribution is -2.23. The first-order valence-electron chi connectivity index (χ1n) is 3.64. The van der Waals surface area contributed by atoms with Crippen LogP contribution in [0.2, 0.25) is 0 Å². The third-order valence-corrected chi connectivity index (χ3v) is 2.57. The lowest BCUT2D eigenvalue weighted by molar-refractivity contribution is 0.133. The number of nitrogens with one attached hydrogen (secondary N) is 1. The molecule has 0 aromatic carbocycles. The van der Waals surface area contributed by atoms with Gasteiger partial charge in [-0.05, 0) is 6.92 Å². The van der Waals surface area contributed by atoms with Crippen LogP contribution in [0, 0.1) is 0 Å². The highest BCUT2D eigenvalue weighted by Gasteiger charge is 2.33. The molecule has 0 bridgehead atoms. The van der Waals surface area contributed by atoms with Crippen LogP contribution in [-0.4, -0.2) is 17.1 Å². The molecule has 0 aliphatic carbocycles. The summed E-state index contributed by atoms with van der Waals surface area (Å²) in [5.41, 5.74) is 0. The van der Waals surface area contributed by atoms with E-state index >= 15 is 0 Å². The number of ether oxygens (including phenoxy) is 1. The Balaban J connectivity index is 2.20. The fourth-order valence-electron chi connectivity index (χ4n) is 1.15. The van der Waals surface area contributed by atoms with E-state index in [1.54, 1.807) is 6.20 Å². The molecule has 1 fully saturated rings. The monoisotopic (exact) mass is 184 g/mol. The number of cyclic esters (lactones) is 1. The quantitative estimate of drug-likeness (QED) is 0.716. The molecule has 0 unspecified atom stereocenters. The predicted molar refractivity (Wildman–Crippen MR) is 43.9 cm³/mol. The van der Waals surface area contributed by atoms with E-state index < -0.39 is 0 Å². The van der Waals surface area contributed by atoms with Gasteiger partial charge >= 0.3 is 6.09 Å². The largest absolute Gasteiger partial charge is 0.437 e. The summed E-state index contributed by atoms with van der Waals surface area (Å²) in [6.45, 7) is 1.90. The highest BCUT2D eigenvalue weighted by atomic mass is 32.1.